The third kappa shape index (κ3) is 5.70. The van der Waals surface area contributed by atoms with Crippen molar-refractivity contribution >= 4 is 23.2 Å². The molecule has 0 saturated carbocycles. The number of anilines is 1. The van der Waals surface area contributed by atoms with Gasteiger partial charge in [0.25, 0.3) is 5.91 Å². The van der Waals surface area contributed by atoms with E-state index in [0.29, 0.717) is 10.8 Å². The van der Waals surface area contributed by atoms with E-state index in [-0.39, 0.29) is 5.91 Å². The molecule has 1 amide bonds. The maximum atomic E-state index is 12.6. The van der Waals surface area contributed by atoms with Crippen LogP contribution in [0.5, 0.6) is 5.75 Å². The zero-order valence-electron chi connectivity index (χ0n) is 15.8. The lowest BCUT2D eigenvalue weighted by molar-refractivity contribution is -0.921. The Morgan fingerprint density at radius 1 is 1.11 bits per heavy atom. The Balaban J connectivity index is 1.56. The smallest absolute Gasteiger partial charge is 0.267 e. The highest BCUT2D eigenvalue weighted by Gasteiger charge is 2.30. The molecule has 1 heterocycles. The number of quaternary nitrogens is 1. The zero-order valence-corrected chi connectivity index (χ0v) is 16.5. The van der Waals surface area contributed by atoms with E-state index in [0.717, 1.165) is 38.5 Å². The van der Waals surface area contributed by atoms with Gasteiger partial charge in [0.1, 0.15) is 25.4 Å². The average molecular weight is 390 g/mol. The normalized spacial score (nSPS) is 15.4. The first-order valence-corrected chi connectivity index (χ1v) is 9.56. The van der Waals surface area contributed by atoms with E-state index in [1.165, 1.54) is 10.5 Å². The highest BCUT2D eigenvalue weighted by Crippen LogP contribution is 2.22. The molecular weight excluding hydrogens is 364 g/mol. The maximum Gasteiger partial charge on any atom is 0.267 e. The van der Waals surface area contributed by atoms with Crippen molar-refractivity contribution in [3.63, 3.8) is 0 Å². The number of nitrogens with one attached hydrogen (secondary N) is 2. The number of ether oxygens (including phenoxy) is 2. The van der Waals surface area contributed by atoms with Crippen molar-refractivity contribution in [3.05, 3.63) is 59.1 Å². The van der Waals surface area contributed by atoms with Gasteiger partial charge in [-0.05, 0) is 50.2 Å². The minimum atomic E-state index is -1.01. The summed E-state index contributed by atoms with van der Waals surface area (Å²) in [7, 11) is 0. The lowest BCUT2D eigenvalue weighted by Gasteiger charge is -2.25. The summed E-state index contributed by atoms with van der Waals surface area (Å²) in [5.74, 6) is 0.396. The third-order valence-corrected chi connectivity index (χ3v) is 4.85. The van der Waals surface area contributed by atoms with Crippen LogP contribution in [-0.2, 0) is 16.1 Å². The van der Waals surface area contributed by atoms with Gasteiger partial charge in [-0.25, -0.2) is 0 Å². The van der Waals surface area contributed by atoms with Crippen LogP contribution in [-0.4, -0.2) is 37.8 Å². The molecule has 5 nitrogen and oxygen atoms in total. The fourth-order valence-electron chi connectivity index (χ4n) is 2.96. The predicted molar refractivity (Wildman–Crippen MR) is 106 cm³/mol. The van der Waals surface area contributed by atoms with E-state index in [1.54, 1.807) is 38.1 Å². The van der Waals surface area contributed by atoms with Crippen LogP contribution in [0.3, 0.4) is 0 Å². The summed E-state index contributed by atoms with van der Waals surface area (Å²) in [6.45, 7) is 8.19. The number of morpholine rings is 1. The molecular formula is C21H26ClN2O3+. The summed E-state index contributed by atoms with van der Waals surface area (Å²) in [6.07, 6.45) is 0. The minimum Gasteiger partial charge on any atom is -0.478 e. The number of hydrogen-bond acceptors (Lipinski definition) is 3. The number of halogens is 1. The van der Waals surface area contributed by atoms with Crippen LogP contribution in [0.4, 0.5) is 5.69 Å². The fourth-order valence-corrected chi connectivity index (χ4v) is 3.08. The molecule has 144 valence electrons. The number of carbonyl (C=O) groups is 1. The molecule has 0 unspecified atom stereocenters. The molecule has 3 rings (SSSR count). The molecule has 0 bridgehead atoms. The van der Waals surface area contributed by atoms with Crippen molar-refractivity contribution in [1.29, 1.82) is 0 Å². The highest BCUT2D eigenvalue weighted by atomic mass is 35.5. The first kappa shape index (κ1) is 19.7. The van der Waals surface area contributed by atoms with Gasteiger partial charge in [0.2, 0.25) is 0 Å². The molecule has 0 aliphatic carbocycles. The van der Waals surface area contributed by atoms with Crippen LogP contribution in [0.25, 0.3) is 0 Å². The van der Waals surface area contributed by atoms with Crippen molar-refractivity contribution in [2.24, 2.45) is 0 Å². The van der Waals surface area contributed by atoms with Crippen molar-refractivity contribution in [1.82, 2.24) is 0 Å². The van der Waals surface area contributed by atoms with Crippen LogP contribution in [0.15, 0.2) is 48.5 Å². The van der Waals surface area contributed by atoms with Crippen molar-refractivity contribution in [3.8, 4) is 5.75 Å². The Kier molecular flexibility index (Phi) is 6.37. The molecule has 2 aromatic rings. The van der Waals surface area contributed by atoms with E-state index in [9.17, 15) is 4.79 Å². The summed E-state index contributed by atoms with van der Waals surface area (Å²) in [5.41, 5.74) is 1.000. The van der Waals surface area contributed by atoms with Gasteiger partial charge >= 0.3 is 0 Å². The van der Waals surface area contributed by atoms with Gasteiger partial charge < -0.3 is 19.7 Å². The molecule has 6 heteroatoms. The van der Waals surface area contributed by atoms with Gasteiger partial charge in [-0.2, -0.15) is 0 Å². The van der Waals surface area contributed by atoms with Crippen molar-refractivity contribution < 1.29 is 19.2 Å². The monoisotopic (exact) mass is 389 g/mol. The van der Waals surface area contributed by atoms with Crippen molar-refractivity contribution in [2.45, 2.75) is 26.0 Å². The van der Waals surface area contributed by atoms with Crippen LogP contribution >= 0.6 is 11.6 Å². The molecule has 1 aliphatic rings. The average Bonchev–Trinajstić information content (AvgIpc) is 2.66. The number of rotatable bonds is 6. The van der Waals surface area contributed by atoms with E-state index in [1.807, 2.05) is 12.1 Å². The number of benzene rings is 2. The second-order valence-electron chi connectivity index (χ2n) is 7.26. The Hall–Kier alpha value is -2.08. The molecule has 0 radical (unpaired) electrons. The second-order valence-corrected chi connectivity index (χ2v) is 7.69. The van der Waals surface area contributed by atoms with E-state index >= 15 is 0 Å². The van der Waals surface area contributed by atoms with Gasteiger partial charge in [0, 0.05) is 16.3 Å². The summed E-state index contributed by atoms with van der Waals surface area (Å²) >= 11 is 5.88. The van der Waals surface area contributed by atoms with E-state index < -0.39 is 5.60 Å². The Morgan fingerprint density at radius 3 is 2.37 bits per heavy atom. The maximum absolute atomic E-state index is 12.6. The molecule has 2 N–H and O–H groups in total. The molecule has 1 aliphatic heterocycles. The lowest BCUT2D eigenvalue weighted by atomic mass is 10.1. The number of carbonyl (C=O) groups excluding carboxylic acids is 1. The van der Waals surface area contributed by atoms with Crippen LogP contribution in [0, 0.1) is 0 Å². The Bertz CT molecular complexity index is 754. The van der Waals surface area contributed by atoms with Crippen LogP contribution in [0.1, 0.15) is 19.4 Å². The number of hydrogen-bond donors (Lipinski definition) is 2. The molecule has 1 saturated heterocycles. The minimum absolute atomic E-state index is 0.205. The largest absolute Gasteiger partial charge is 0.478 e. The van der Waals surface area contributed by atoms with Gasteiger partial charge in [-0.15, -0.1) is 0 Å². The molecule has 1 fully saturated rings. The zero-order chi connectivity index (χ0) is 19.3. The summed E-state index contributed by atoms with van der Waals surface area (Å²) < 4.78 is 11.2. The molecule has 0 spiro atoms. The summed E-state index contributed by atoms with van der Waals surface area (Å²) in [6, 6.07) is 15.0. The Labute approximate surface area is 165 Å². The van der Waals surface area contributed by atoms with E-state index in [4.69, 9.17) is 21.1 Å². The topological polar surface area (TPSA) is 52.0 Å². The Morgan fingerprint density at radius 2 is 1.74 bits per heavy atom. The van der Waals surface area contributed by atoms with Gasteiger partial charge in [0.05, 0.1) is 13.2 Å². The molecule has 0 aromatic heterocycles. The third-order valence-electron chi connectivity index (χ3n) is 4.60. The van der Waals surface area contributed by atoms with Gasteiger partial charge in [0.15, 0.2) is 5.60 Å². The second kappa shape index (κ2) is 8.74. The van der Waals surface area contributed by atoms with E-state index in [2.05, 4.69) is 17.4 Å². The quantitative estimate of drug-likeness (QED) is 0.798. The van der Waals surface area contributed by atoms with Gasteiger partial charge in [-0.3, -0.25) is 4.79 Å². The van der Waals surface area contributed by atoms with Crippen molar-refractivity contribution in [2.75, 3.05) is 31.6 Å². The first-order valence-electron chi connectivity index (χ1n) is 9.19. The summed E-state index contributed by atoms with van der Waals surface area (Å²) in [4.78, 5) is 14.2. The predicted octanol–water partition coefficient (Wildman–Crippen LogP) is 2.55. The molecule has 27 heavy (non-hydrogen) atoms. The number of amides is 1. The lowest BCUT2D eigenvalue weighted by Crippen LogP contribution is -3.12. The fraction of sp³-hybridized carbons (Fsp3) is 0.381. The molecule has 2 aromatic carbocycles. The van der Waals surface area contributed by atoms with Gasteiger partial charge in [-0.1, -0.05) is 23.7 Å². The van der Waals surface area contributed by atoms with Crippen LogP contribution < -0.4 is 15.0 Å². The van der Waals surface area contributed by atoms with Crippen LogP contribution in [0.2, 0.25) is 5.02 Å². The summed E-state index contributed by atoms with van der Waals surface area (Å²) in [5, 5.41) is 3.56. The highest BCUT2D eigenvalue weighted by molar-refractivity contribution is 6.30. The standard InChI is InChI=1S/C21H25ClN2O3/c1-21(2,27-19-9-5-17(22)6-10-19)20(25)23-18-7-3-16(4-8-18)15-24-11-13-26-14-12-24/h3-10H,11-15H2,1-2H3,(H,23,25)/p+1. The SMILES string of the molecule is CC(C)(Oc1ccc(Cl)cc1)C(=O)Nc1ccc(C[NH+]2CCOCC2)cc1. The molecule has 0 atom stereocenters. The first-order chi connectivity index (χ1) is 12.9.